The maximum Gasteiger partial charge on any atom is 0.232 e. The Morgan fingerprint density at radius 2 is 2.38 bits per heavy atom. The minimum absolute atomic E-state index is 0.496. The summed E-state index contributed by atoms with van der Waals surface area (Å²) in [5.41, 5.74) is 0. The largest absolute Gasteiger partial charge is 0.480 e. The number of nitrogens with one attached hydrogen (secondary N) is 1. The molecule has 1 N–H and O–H groups in total. The SMILES string of the molecule is CCN(c1ncc(Br)c(OC)n1)C1CNC1. The molecule has 0 unspecified atom stereocenters. The fourth-order valence-electron chi connectivity index (χ4n) is 1.68. The van der Waals surface area contributed by atoms with Gasteiger partial charge in [0.2, 0.25) is 11.8 Å². The fraction of sp³-hybridized carbons (Fsp3) is 0.600. The van der Waals surface area contributed by atoms with Crippen LogP contribution in [0.2, 0.25) is 0 Å². The normalized spacial score (nSPS) is 15.7. The third kappa shape index (κ3) is 2.12. The van der Waals surface area contributed by atoms with Gasteiger partial charge in [-0.15, -0.1) is 0 Å². The minimum Gasteiger partial charge on any atom is -0.480 e. The van der Waals surface area contributed by atoms with Gasteiger partial charge in [0.05, 0.1) is 23.8 Å². The lowest BCUT2D eigenvalue weighted by Gasteiger charge is -2.37. The van der Waals surface area contributed by atoms with Crippen molar-refractivity contribution in [3.63, 3.8) is 0 Å². The van der Waals surface area contributed by atoms with Crippen LogP contribution in [0, 0.1) is 0 Å². The number of ether oxygens (including phenoxy) is 1. The Labute approximate surface area is 103 Å². The molecule has 0 saturated carbocycles. The number of aromatic nitrogens is 2. The lowest BCUT2D eigenvalue weighted by atomic mass is 10.1. The number of halogens is 1. The standard InChI is InChI=1S/C10H15BrN4O/c1-3-15(7-4-12-5-7)10-13-6-8(11)9(14-10)16-2/h6-7,12H,3-5H2,1-2H3. The Bertz CT molecular complexity index is 370. The van der Waals surface area contributed by atoms with Crippen LogP contribution in [0.5, 0.6) is 5.88 Å². The first-order chi connectivity index (χ1) is 7.76. The summed E-state index contributed by atoms with van der Waals surface area (Å²) in [5.74, 6) is 1.31. The van der Waals surface area contributed by atoms with E-state index in [0.717, 1.165) is 30.1 Å². The van der Waals surface area contributed by atoms with Crippen molar-refractivity contribution in [3.05, 3.63) is 10.7 Å². The lowest BCUT2D eigenvalue weighted by Crippen LogP contribution is -2.57. The number of nitrogens with zero attached hydrogens (tertiary/aromatic N) is 3. The van der Waals surface area contributed by atoms with E-state index in [1.54, 1.807) is 13.3 Å². The van der Waals surface area contributed by atoms with Gasteiger partial charge in [-0.25, -0.2) is 4.98 Å². The van der Waals surface area contributed by atoms with E-state index in [2.05, 4.69) is 43.0 Å². The Hall–Kier alpha value is -0.880. The number of hydrogen-bond acceptors (Lipinski definition) is 5. The second kappa shape index (κ2) is 4.97. The van der Waals surface area contributed by atoms with E-state index in [0.29, 0.717) is 11.9 Å². The maximum absolute atomic E-state index is 5.17. The fourth-order valence-corrected chi connectivity index (χ4v) is 2.03. The number of methoxy groups -OCH3 is 1. The highest BCUT2D eigenvalue weighted by Gasteiger charge is 2.25. The number of hydrogen-bond donors (Lipinski definition) is 1. The summed E-state index contributed by atoms with van der Waals surface area (Å²) in [6.07, 6.45) is 1.73. The molecule has 0 spiro atoms. The molecule has 1 aliphatic heterocycles. The molecule has 1 aromatic heterocycles. The van der Waals surface area contributed by atoms with E-state index in [9.17, 15) is 0 Å². The molecule has 2 heterocycles. The van der Waals surface area contributed by atoms with Crippen molar-refractivity contribution in [1.29, 1.82) is 0 Å². The molecule has 1 aromatic rings. The highest BCUT2D eigenvalue weighted by molar-refractivity contribution is 9.10. The van der Waals surface area contributed by atoms with Crippen LogP contribution in [-0.4, -0.2) is 42.8 Å². The van der Waals surface area contributed by atoms with Gasteiger partial charge in [-0.1, -0.05) is 0 Å². The Morgan fingerprint density at radius 3 is 2.88 bits per heavy atom. The van der Waals surface area contributed by atoms with Crippen molar-refractivity contribution in [2.45, 2.75) is 13.0 Å². The van der Waals surface area contributed by atoms with Gasteiger partial charge in [0.15, 0.2) is 0 Å². The summed E-state index contributed by atoms with van der Waals surface area (Å²) in [7, 11) is 1.61. The van der Waals surface area contributed by atoms with E-state index in [1.807, 2.05) is 0 Å². The first-order valence-corrected chi connectivity index (χ1v) is 6.09. The van der Waals surface area contributed by atoms with Crippen molar-refractivity contribution < 1.29 is 4.74 Å². The molecule has 1 aliphatic rings. The zero-order valence-electron chi connectivity index (χ0n) is 9.40. The molecule has 6 heteroatoms. The van der Waals surface area contributed by atoms with Crippen LogP contribution in [0.25, 0.3) is 0 Å². The van der Waals surface area contributed by atoms with E-state index in [4.69, 9.17) is 4.74 Å². The predicted octanol–water partition coefficient (Wildman–Crippen LogP) is 1.05. The van der Waals surface area contributed by atoms with Crippen LogP contribution < -0.4 is 15.0 Å². The Balaban J connectivity index is 2.23. The summed E-state index contributed by atoms with van der Waals surface area (Å²) in [6.45, 7) is 5.00. The summed E-state index contributed by atoms with van der Waals surface area (Å²) in [4.78, 5) is 10.9. The van der Waals surface area contributed by atoms with Crippen LogP contribution in [0.3, 0.4) is 0 Å². The van der Waals surface area contributed by atoms with Crippen LogP contribution in [0.4, 0.5) is 5.95 Å². The Kier molecular flexibility index (Phi) is 3.60. The monoisotopic (exact) mass is 286 g/mol. The lowest BCUT2D eigenvalue weighted by molar-refractivity contribution is 0.387. The molecule has 0 bridgehead atoms. The molecular formula is C10H15BrN4O. The summed E-state index contributed by atoms with van der Waals surface area (Å²) in [6, 6.07) is 0.496. The summed E-state index contributed by atoms with van der Waals surface area (Å²) < 4.78 is 5.95. The first-order valence-electron chi connectivity index (χ1n) is 5.30. The summed E-state index contributed by atoms with van der Waals surface area (Å²) >= 11 is 3.35. The first kappa shape index (κ1) is 11.6. The van der Waals surface area contributed by atoms with Crippen molar-refractivity contribution in [3.8, 4) is 5.88 Å². The van der Waals surface area contributed by atoms with Gasteiger partial charge in [-0.3, -0.25) is 0 Å². The van der Waals surface area contributed by atoms with Crippen LogP contribution >= 0.6 is 15.9 Å². The third-order valence-electron chi connectivity index (χ3n) is 2.69. The highest BCUT2D eigenvalue weighted by Crippen LogP contribution is 2.24. The molecule has 1 saturated heterocycles. The second-order valence-electron chi connectivity index (χ2n) is 3.63. The number of rotatable bonds is 4. The molecule has 0 amide bonds. The smallest absolute Gasteiger partial charge is 0.232 e. The van der Waals surface area contributed by atoms with Gasteiger partial charge in [0.1, 0.15) is 0 Å². The average molecular weight is 287 g/mol. The van der Waals surface area contributed by atoms with E-state index < -0.39 is 0 Å². The van der Waals surface area contributed by atoms with E-state index >= 15 is 0 Å². The zero-order chi connectivity index (χ0) is 11.5. The van der Waals surface area contributed by atoms with Gasteiger partial charge in [-0.2, -0.15) is 4.98 Å². The van der Waals surface area contributed by atoms with Gasteiger partial charge < -0.3 is 15.0 Å². The topological polar surface area (TPSA) is 50.3 Å². The molecule has 16 heavy (non-hydrogen) atoms. The molecule has 2 rings (SSSR count). The maximum atomic E-state index is 5.17. The Morgan fingerprint density at radius 1 is 1.62 bits per heavy atom. The second-order valence-corrected chi connectivity index (χ2v) is 4.48. The molecule has 88 valence electrons. The van der Waals surface area contributed by atoms with Crippen LogP contribution in [0.15, 0.2) is 10.7 Å². The highest BCUT2D eigenvalue weighted by atomic mass is 79.9. The van der Waals surface area contributed by atoms with Crippen LogP contribution in [0.1, 0.15) is 6.92 Å². The van der Waals surface area contributed by atoms with Crippen molar-refractivity contribution in [2.75, 3.05) is 31.6 Å². The molecule has 0 atom stereocenters. The van der Waals surface area contributed by atoms with E-state index in [-0.39, 0.29) is 0 Å². The van der Waals surface area contributed by atoms with Gasteiger partial charge >= 0.3 is 0 Å². The van der Waals surface area contributed by atoms with Crippen molar-refractivity contribution in [2.24, 2.45) is 0 Å². The van der Waals surface area contributed by atoms with Gasteiger partial charge in [0.25, 0.3) is 0 Å². The molecule has 0 radical (unpaired) electrons. The molecule has 0 aromatic carbocycles. The quantitative estimate of drug-likeness (QED) is 0.897. The summed E-state index contributed by atoms with van der Waals surface area (Å²) in [5, 5.41) is 3.25. The third-order valence-corrected chi connectivity index (χ3v) is 3.23. The minimum atomic E-state index is 0.496. The van der Waals surface area contributed by atoms with Crippen molar-refractivity contribution in [1.82, 2.24) is 15.3 Å². The predicted molar refractivity (Wildman–Crippen MR) is 66.0 cm³/mol. The molecular weight excluding hydrogens is 272 g/mol. The number of anilines is 1. The molecule has 5 nitrogen and oxygen atoms in total. The van der Waals surface area contributed by atoms with Gasteiger partial charge in [-0.05, 0) is 22.9 Å². The molecule has 0 aliphatic carbocycles. The van der Waals surface area contributed by atoms with E-state index in [1.165, 1.54) is 0 Å². The zero-order valence-corrected chi connectivity index (χ0v) is 11.0. The molecule has 1 fully saturated rings. The van der Waals surface area contributed by atoms with Gasteiger partial charge in [0, 0.05) is 19.6 Å². The van der Waals surface area contributed by atoms with Crippen LogP contribution in [-0.2, 0) is 0 Å². The van der Waals surface area contributed by atoms with Crippen molar-refractivity contribution >= 4 is 21.9 Å². The number of likely N-dealkylation sites (N-methyl/N-ethyl adjacent to an activating group) is 1. The average Bonchev–Trinajstić information content (AvgIpc) is 2.24.